The molecule has 136 valence electrons. The molecule has 0 aliphatic heterocycles. The fraction of sp³-hybridized carbons (Fsp3) is 0.0556. The Morgan fingerprint density at radius 1 is 1.22 bits per heavy atom. The maximum atomic E-state index is 12.7. The van der Waals surface area contributed by atoms with E-state index in [1.807, 2.05) is 18.2 Å². The van der Waals surface area contributed by atoms with E-state index in [1.165, 1.54) is 0 Å². The number of nitrogens with one attached hydrogen (secondary N) is 3. The third-order valence-corrected chi connectivity index (χ3v) is 4.25. The molecule has 4 rings (SSSR count). The second kappa shape index (κ2) is 6.65. The average Bonchev–Trinajstić information content (AvgIpc) is 3.29. The van der Waals surface area contributed by atoms with Crippen LogP contribution in [-0.2, 0) is 0 Å². The van der Waals surface area contributed by atoms with E-state index in [0.29, 0.717) is 27.7 Å². The predicted molar refractivity (Wildman–Crippen MR) is 100 cm³/mol. The number of amides is 1. The van der Waals surface area contributed by atoms with Crippen LogP contribution in [0.3, 0.4) is 0 Å². The zero-order chi connectivity index (χ0) is 19.0. The van der Waals surface area contributed by atoms with E-state index in [0.717, 1.165) is 10.9 Å². The van der Waals surface area contributed by atoms with Crippen LogP contribution in [0.1, 0.15) is 10.5 Å². The maximum Gasteiger partial charge on any atom is 0.439 e. The van der Waals surface area contributed by atoms with Crippen molar-refractivity contribution in [3.05, 3.63) is 63.7 Å². The molecule has 0 bridgehead atoms. The third-order valence-electron chi connectivity index (χ3n) is 4.01. The molecule has 4 aromatic rings. The number of anilines is 1. The zero-order valence-electron chi connectivity index (χ0n) is 14.0. The topological polar surface area (TPSA) is 113 Å². The van der Waals surface area contributed by atoms with Gasteiger partial charge in [-0.05, 0) is 36.4 Å². The molecule has 3 N–H and O–H groups in total. The highest BCUT2D eigenvalue weighted by Gasteiger charge is 2.16. The maximum absolute atomic E-state index is 12.7. The lowest BCUT2D eigenvalue weighted by molar-refractivity contribution is 0.102. The van der Waals surface area contributed by atoms with Gasteiger partial charge >= 0.3 is 5.76 Å². The molecule has 0 radical (unpaired) electrons. The van der Waals surface area contributed by atoms with Crippen LogP contribution in [0.2, 0.25) is 5.02 Å². The summed E-state index contributed by atoms with van der Waals surface area (Å²) in [5, 5.41) is 7.65. The highest BCUT2D eigenvalue weighted by atomic mass is 35.5. The number of halogens is 1. The van der Waals surface area contributed by atoms with Crippen molar-refractivity contribution < 1.29 is 14.1 Å². The van der Waals surface area contributed by atoms with Gasteiger partial charge in [-0.3, -0.25) is 14.3 Å². The number of benzene rings is 2. The van der Waals surface area contributed by atoms with Gasteiger partial charge in [-0.15, -0.1) is 0 Å². The molecule has 0 spiro atoms. The van der Waals surface area contributed by atoms with Crippen LogP contribution in [0, 0.1) is 0 Å². The summed E-state index contributed by atoms with van der Waals surface area (Å²) in [4.78, 5) is 29.5. The molecular weight excluding hydrogens is 372 g/mol. The summed E-state index contributed by atoms with van der Waals surface area (Å²) in [7, 11) is 1.57. The quantitative estimate of drug-likeness (QED) is 0.499. The van der Waals surface area contributed by atoms with Crippen molar-refractivity contribution in [1.29, 1.82) is 0 Å². The van der Waals surface area contributed by atoms with E-state index >= 15 is 0 Å². The van der Waals surface area contributed by atoms with Crippen molar-refractivity contribution in [3.63, 3.8) is 0 Å². The Morgan fingerprint density at radius 2 is 2.07 bits per heavy atom. The molecular formula is C18H13ClN4O4. The minimum atomic E-state index is -0.704. The minimum Gasteiger partial charge on any atom is -0.496 e. The first-order valence-electron chi connectivity index (χ1n) is 7.88. The van der Waals surface area contributed by atoms with Gasteiger partial charge in [0.25, 0.3) is 5.91 Å². The van der Waals surface area contributed by atoms with Gasteiger partial charge in [0.2, 0.25) is 0 Å². The largest absolute Gasteiger partial charge is 0.496 e. The minimum absolute atomic E-state index is 0.163. The number of aromatic nitrogens is 3. The Labute approximate surface area is 157 Å². The SMILES string of the molecule is COc1cccc2[nH]c(C(=O)Nc3ccc(Cl)cc3-c3noc(=O)[nH]3)cc12. The normalized spacial score (nSPS) is 10.9. The zero-order valence-corrected chi connectivity index (χ0v) is 14.8. The first kappa shape index (κ1) is 16.9. The monoisotopic (exact) mass is 384 g/mol. The smallest absolute Gasteiger partial charge is 0.439 e. The molecule has 0 saturated heterocycles. The molecule has 0 atom stereocenters. The number of carbonyl (C=O) groups is 1. The van der Waals surface area contributed by atoms with Gasteiger partial charge in [-0.2, -0.15) is 0 Å². The van der Waals surface area contributed by atoms with Crippen molar-refractivity contribution in [2.24, 2.45) is 0 Å². The van der Waals surface area contributed by atoms with Gasteiger partial charge in [0, 0.05) is 21.5 Å². The van der Waals surface area contributed by atoms with Crippen molar-refractivity contribution in [3.8, 4) is 17.1 Å². The van der Waals surface area contributed by atoms with E-state index in [2.05, 4.69) is 25.0 Å². The first-order chi connectivity index (χ1) is 13.0. The summed E-state index contributed by atoms with van der Waals surface area (Å²) in [6.45, 7) is 0. The molecule has 27 heavy (non-hydrogen) atoms. The predicted octanol–water partition coefficient (Wildman–Crippen LogP) is 3.43. The molecule has 0 saturated carbocycles. The Bertz CT molecular complexity index is 1210. The van der Waals surface area contributed by atoms with Crippen molar-refractivity contribution >= 4 is 34.1 Å². The fourth-order valence-electron chi connectivity index (χ4n) is 2.78. The second-order valence-electron chi connectivity index (χ2n) is 5.69. The van der Waals surface area contributed by atoms with E-state index in [9.17, 15) is 9.59 Å². The fourth-order valence-corrected chi connectivity index (χ4v) is 2.96. The van der Waals surface area contributed by atoms with Crippen LogP contribution in [-0.4, -0.2) is 28.1 Å². The van der Waals surface area contributed by atoms with Gasteiger partial charge in [0.15, 0.2) is 5.82 Å². The number of H-pyrrole nitrogens is 2. The number of carbonyl (C=O) groups excluding carboxylic acids is 1. The second-order valence-corrected chi connectivity index (χ2v) is 6.13. The summed E-state index contributed by atoms with van der Waals surface area (Å²) < 4.78 is 9.84. The van der Waals surface area contributed by atoms with Gasteiger partial charge in [0.1, 0.15) is 11.4 Å². The number of hydrogen-bond donors (Lipinski definition) is 3. The standard InChI is InChI=1S/C18H13ClN4O4/c1-26-15-4-2-3-12-10(15)8-14(20-12)17(24)21-13-6-5-9(19)7-11(13)16-22-18(25)27-23-16/h2-8,20H,1H3,(H,21,24)(H,22,23,25). The average molecular weight is 385 g/mol. The summed E-state index contributed by atoms with van der Waals surface area (Å²) >= 11 is 6.03. The van der Waals surface area contributed by atoms with Gasteiger partial charge in [0.05, 0.1) is 12.8 Å². The molecule has 8 nitrogen and oxygen atoms in total. The third kappa shape index (κ3) is 3.18. The summed E-state index contributed by atoms with van der Waals surface area (Å²) in [5.41, 5.74) is 1.97. The molecule has 0 unspecified atom stereocenters. The van der Waals surface area contributed by atoms with E-state index in [-0.39, 0.29) is 11.7 Å². The summed E-state index contributed by atoms with van der Waals surface area (Å²) in [6, 6.07) is 12.0. The van der Waals surface area contributed by atoms with Crippen molar-refractivity contribution in [2.75, 3.05) is 12.4 Å². The number of nitrogens with zero attached hydrogens (tertiary/aromatic N) is 1. The number of fused-ring (bicyclic) bond motifs is 1. The van der Waals surface area contributed by atoms with E-state index < -0.39 is 5.76 Å². The van der Waals surface area contributed by atoms with Gasteiger partial charge in [-0.1, -0.05) is 22.8 Å². The summed E-state index contributed by atoms with van der Waals surface area (Å²) in [5.74, 6) is -0.251. The molecule has 0 aliphatic rings. The van der Waals surface area contributed by atoms with Crippen LogP contribution in [0.25, 0.3) is 22.3 Å². The lowest BCUT2D eigenvalue weighted by Gasteiger charge is -2.08. The first-order valence-corrected chi connectivity index (χ1v) is 8.26. The van der Waals surface area contributed by atoms with Crippen molar-refractivity contribution in [2.45, 2.75) is 0 Å². The van der Waals surface area contributed by atoms with Crippen LogP contribution in [0.4, 0.5) is 5.69 Å². The molecule has 0 aliphatic carbocycles. The highest BCUT2D eigenvalue weighted by molar-refractivity contribution is 6.31. The summed E-state index contributed by atoms with van der Waals surface area (Å²) in [6.07, 6.45) is 0. The Hall–Kier alpha value is -3.52. The number of rotatable bonds is 4. The Balaban J connectivity index is 1.70. The van der Waals surface area contributed by atoms with Gasteiger partial charge in [-0.25, -0.2) is 4.79 Å². The lowest BCUT2D eigenvalue weighted by Crippen LogP contribution is -2.13. The van der Waals surface area contributed by atoms with E-state index in [4.69, 9.17) is 16.3 Å². The molecule has 9 heteroatoms. The van der Waals surface area contributed by atoms with Crippen LogP contribution < -0.4 is 15.8 Å². The molecule has 1 amide bonds. The lowest BCUT2D eigenvalue weighted by atomic mass is 10.1. The number of ether oxygens (including phenoxy) is 1. The number of methoxy groups -OCH3 is 1. The highest BCUT2D eigenvalue weighted by Crippen LogP contribution is 2.30. The van der Waals surface area contributed by atoms with Crippen LogP contribution in [0.5, 0.6) is 5.75 Å². The molecule has 0 fully saturated rings. The molecule has 2 aromatic carbocycles. The van der Waals surface area contributed by atoms with Gasteiger partial charge < -0.3 is 15.0 Å². The van der Waals surface area contributed by atoms with Crippen LogP contribution >= 0.6 is 11.6 Å². The molecule has 2 aromatic heterocycles. The number of aromatic amines is 2. The Morgan fingerprint density at radius 3 is 2.81 bits per heavy atom. The Kier molecular flexibility index (Phi) is 4.17. The van der Waals surface area contributed by atoms with Crippen molar-refractivity contribution in [1.82, 2.24) is 15.1 Å². The number of hydrogen-bond acceptors (Lipinski definition) is 5. The van der Waals surface area contributed by atoms with E-state index in [1.54, 1.807) is 31.4 Å². The molecule has 2 heterocycles. The van der Waals surface area contributed by atoms with Crippen LogP contribution in [0.15, 0.2) is 51.8 Å².